The third kappa shape index (κ3) is 4.15. The molecule has 2 rings (SSSR count). The quantitative estimate of drug-likeness (QED) is 0.540. The maximum absolute atomic E-state index is 6.37. The average Bonchev–Trinajstić information content (AvgIpc) is 2.45. The van der Waals surface area contributed by atoms with Crippen molar-refractivity contribution in [3.05, 3.63) is 63.1 Å². The topological polar surface area (TPSA) is 9.23 Å². The van der Waals surface area contributed by atoms with Gasteiger partial charge in [0.15, 0.2) is 0 Å². The normalized spacial score (nSPS) is 12.2. The van der Waals surface area contributed by atoms with Crippen LogP contribution in [0.4, 0.5) is 0 Å². The van der Waals surface area contributed by atoms with Crippen molar-refractivity contribution in [1.29, 1.82) is 0 Å². The molecule has 0 aromatic heterocycles. The van der Waals surface area contributed by atoms with Gasteiger partial charge in [-0.05, 0) is 43.0 Å². The first kappa shape index (κ1) is 16.7. The summed E-state index contributed by atoms with van der Waals surface area (Å²) in [6, 6.07) is 12.0. The van der Waals surface area contributed by atoms with Crippen molar-refractivity contribution < 1.29 is 4.74 Å². The lowest BCUT2D eigenvalue weighted by atomic mass is 10.0. The molecule has 0 bridgehead atoms. The second-order valence-electron chi connectivity index (χ2n) is 4.84. The minimum absolute atomic E-state index is 0.110. The lowest BCUT2D eigenvalue weighted by Gasteiger charge is -2.16. The molecule has 2 aromatic carbocycles. The second-order valence-corrected chi connectivity index (χ2v) is 6.76. The fourth-order valence-corrected chi connectivity index (χ4v) is 3.56. The molecule has 112 valence electrons. The van der Waals surface area contributed by atoms with Crippen molar-refractivity contribution in [1.82, 2.24) is 0 Å². The summed E-state index contributed by atoms with van der Waals surface area (Å²) in [6.07, 6.45) is 0.858. The number of hydrogen-bond acceptors (Lipinski definition) is 1. The first-order valence-corrected chi connectivity index (χ1v) is 8.50. The molecule has 21 heavy (non-hydrogen) atoms. The van der Waals surface area contributed by atoms with E-state index in [4.69, 9.17) is 27.9 Å². The summed E-state index contributed by atoms with van der Waals surface area (Å²) < 4.78 is 5.46. The fourth-order valence-electron chi connectivity index (χ4n) is 2.19. The van der Waals surface area contributed by atoms with Crippen LogP contribution >= 0.6 is 39.1 Å². The average molecular weight is 388 g/mol. The molecule has 0 aliphatic heterocycles. The van der Waals surface area contributed by atoms with Crippen LogP contribution in [0.25, 0.3) is 0 Å². The molecule has 0 N–H and O–H groups in total. The van der Waals surface area contributed by atoms with Crippen LogP contribution in [0.15, 0.2) is 36.4 Å². The van der Waals surface area contributed by atoms with Crippen molar-refractivity contribution in [2.45, 2.75) is 25.1 Å². The molecule has 0 spiro atoms. The van der Waals surface area contributed by atoms with E-state index in [1.807, 2.05) is 19.1 Å². The summed E-state index contributed by atoms with van der Waals surface area (Å²) in [5.74, 6) is 0.628. The fraction of sp³-hybridized carbons (Fsp3) is 0.294. The Labute approximate surface area is 144 Å². The molecule has 0 saturated carbocycles. The summed E-state index contributed by atoms with van der Waals surface area (Å²) in [5.41, 5.74) is 3.55. The Kier molecular flexibility index (Phi) is 5.98. The van der Waals surface area contributed by atoms with E-state index in [2.05, 4.69) is 41.1 Å². The molecule has 0 aliphatic rings. The number of alkyl halides is 1. The molecule has 0 saturated heterocycles. The van der Waals surface area contributed by atoms with E-state index >= 15 is 0 Å². The monoisotopic (exact) mass is 386 g/mol. The van der Waals surface area contributed by atoms with Gasteiger partial charge in [-0.15, -0.1) is 0 Å². The smallest absolute Gasteiger partial charge is 0.139 e. The van der Waals surface area contributed by atoms with Gasteiger partial charge >= 0.3 is 0 Å². The summed E-state index contributed by atoms with van der Waals surface area (Å²) >= 11 is 16.3. The Morgan fingerprint density at radius 2 is 1.86 bits per heavy atom. The van der Waals surface area contributed by atoms with Gasteiger partial charge in [0.05, 0.1) is 11.6 Å². The molecule has 1 nitrogen and oxygen atoms in total. The van der Waals surface area contributed by atoms with Gasteiger partial charge in [0.1, 0.15) is 5.75 Å². The maximum atomic E-state index is 6.37. The number of aryl methyl sites for hydroxylation is 1. The zero-order valence-electron chi connectivity index (χ0n) is 12.0. The van der Waals surface area contributed by atoms with Crippen LogP contribution in [0.3, 0.4) is 0 Å². The predicted octanol–water partition coefficient (Wildman–Crippen LogP) is 6.38. The molecule has 0 aliphatic carbocycles. The van der Waals surface area contributed by atoms with E-state index in [0.717, 1.165) is 12.0 Å². The molecular formula is C17H17BrCl2O. The lowest BCUT2D eigenvalue weighted by molar-refractivity contribution is 0.340. The van der Waals surface area contributed by atoms with Crippen LogP contribution in [0.2, 0.25) is 10.0 Å². The molecule has 0 amide bonds. The standard InChI is InChI=1S/C17H17BrCl2O/c1-3-21-17-10-15(19)13(9-16(17)20)14(18)8-12-7-5-4-6-11(12)2/h4-7,9-10,14H,3,8H2,1-2H3. The van der Waals surface area contributed by atoms with Crippen molar-refractivity contribution >= 4 is 39.1 Å². The number of rotatable bonds is 5. The number of halogens is 3. The third-order valence-corrected chi connectivity index (χ3v) is 4.79. The lowest BCUT2D eigenvalue weighted by Crippen LogP contribution is -2.00. The van der Waals surface area contributed by atoms with Crippen LogP contribution in [-0.4, -0.2) is 6.61 Å². The Hall–Kier alpha value is -0.700. The molecule has 1 atom stereocenters. The van der Waals surface area contributed by atoms with E-state index < -0.39 is 0 Å². The summed E-state index contributed by atoms with van der Waals surface area (Å²) in [5, 5.41) is 1.25. The highest BCUT2D eigenvalue weighted by molar-refractivity contribution is 9.09. The maximum Gasteiger partial charge on any atom is 0.139 e. The molecule has 1 unspecified atom stereocenters. The SMILES string of the molecule is CCOc1cc(Cl)c(C(Br)Cc2ccccc2C)cc1Cl. The Morgan fingerprint density at radius 3 is 2.52 bits per heavy atom. The molecule has 4 heteroatoms. The molecule has 0 heterocycles. The minimum atomic E-state index is 0.110. The van der Waals surface area contributed by atoms with Gasteiger partial charge in [0, 0.05) is 15.9 Å². The van der Waals surface area contributed by atoms with E-state index in [9.17, 15) is 0 Å². The van der Waals surface area contributed by atoms with Gasteiger partial charge in [0.2, 0.25) is 0 Å². The predicted molar refractivity (Wildman–Crippen MR) is 94.2 cm³/mol. The molecule has 2 aromatic rings. The van der Waals surface area contributed by atoms with Crippen LogP contribution in [0.1, 0.15) is 28.4 Å². The van der Waals surface area contributed by atoms with Gasteiger partial charge in [-0.3, -0.25) is 0 Å². The summed E-state index contributed by atoms with van der Waals surface area (Å²) in [4.78, 5) is 0.110. The van der Waals surface area contributed by atoms with Gasteiger partial charge in [-0.2, -0.15) is 0 Å². The molecule has 0 fully saturated rings. The van der Waals surface area contributed by atoms with Crippen LogP contribution < -0.4 is 4.74 Å². The summed E-state index contributed by atoms with van der Waals surface area (Å²) in [6.45, 7) is 4.60. The molecular weight excluding hydrogens is 371 g/mol. The first-order chi connectivity index (χ1) is 10.0. The largest absolute Gasteiger partial charge is 0.492 e. The molecule has 0 radical (unpaired) electrons. The second kappa shape index (κ2) is 7.53. The van der Waals surface area contributed by atoms with Crippen LogP contribution in [-0.2, 0) is 6.42 Å². The number of ether oxygens (including phenoxy) is 1. The highest BCUT2D eigenvalue weighted by Gasteiger charge is 2.16. The van der Waals surface area contributed by atoms with Gasteiger partial charge in [-0.1, -0.05) is 63.4 Å². The first-order valence-electron chi connectivity index (χ1n) is 6.83. The Balaban J connectivity index is 2.25. The van der Waals surface area contributed by atoms with Crippen molar-refractivity contribution in [2.24, 2.45) is 0 Å². The van der Waals surface area contributed by atoms with Gasteiger partial charge in [0.25, 0.3) is 0 Å². The Morgan fingerprint density at radius 1 is 1.14 bits per heavy atom. The van der Waals surface area contributed by atoms with Gasteiger partial charge < -0.3 is 4.74 Å². The van der Waals surface area contributed by atoms with E-state index in [1.54, 1.807) is 6.07 Å². The van der Waals surface area contributed by atoms with Crippen LogP contribution in [0, 0.1) is 6.92 Å². The minimum Gasteiger partial charge on any atom is -0.492 e. The zero-order valence-corrected chi connectivity index (χ0v) is 15.1. The van der Waals surface area contributed by atoms with E-state index in [0.29, 0.717) is 22.4 Å². The summed E-state index contributed by atoms with van der Waals surface area (Å²) in [7, 11) is 0. The highest BCUT2D eigenvalue weighted by atomic mass is 79.9. The van der Waals surface area contributed by atoms with Crippen molar-refractivity contribution in [3.63, 3.8) is 0 Å². The third-order valence-electron chi connectivity index (χ3n) is 3.35. The van der Waals surface area contributed by atoms with E-state index in [1.165, 1.54) is 11.1 Å². The number of hydrogen-bond donors (Lipinski definition) is 0. The van der Waals surface area contributed by atoms with Crippen LogP contribution in [0.5, 0.6) is 5.75 Å². The van der Waals surface area contributed by atoms with E-state index in [-0.39, 0.29) is 4.83 Å². The highest BCUT2D eigenvalue weighted by Crippen LogP contribution is 2.38. The zero-order chi connectivity index (χ0) is 15.4. The number of benzene rings is 2. The van der Waals surface area contributed by atoms with Crippen molar-refractivity contribution in [2.75, 3.05) is 6.61 Å². The Bertz CT molecular complexity index is 628. The van der Waals surface area contributed by atoms with Gasteiger partial charge in [-0.25, -0.2) is 0 Å². The van der Waals surface area contributed by atoms with Crippen molar-refractivity contribution in [3.8, 4) is 5.75 Å².